The van der Waals surface area contributed by atoms with Crippen LogP contribution in [0.2, 0.25) is 0 Å². The van der Waals surface area contributed by atoms with Crippen LogP contribution < -0.4 is 0 Å². The summed E-state index contributed by atoms with van der Waals surface area (Å²) < 4.78 is 13.5. The highest BCUT2D eigenvalue weighted by Gasteiger charge is 2.20. The molecule has 1 N–H and O–H groups in total. The van der Waals surface area contributed by atoms with E-state index >= 15 is 0 Å². The molecule has 0 amide bonds. The number of carboxylic acid groups (broad SMARTS) is 1. The Kier molecular flexibility index (Phi) is 3.19. The predicted molar refractivity (Wildman–Crippen MR) is 52.5 cm³/mol. The Labute approximate surface area is 86.5 Å². The van der Waals surface area contributed by atoms with Gasteiger partial charge in [-0.3, -0.25) is 4.79 Å². The molecule has 0 fully saturated rings. The van der Waals surface area contributed by atoms with Gasteiger partial charge in [0.2, 0.25) is 0 Å². The summed E-state index contributed by atoms with van der Waals surface area (Å²) in [6.07, 6.45) is 0.294. The van der Waals surface area contributed by atoms with Crippen molar-refractivity contribution in [1.82, 2.24) is 0 Å². The first-order valence-electron chi connectivity index (χ1n) is 4.54. The molecule has 0 heterocycles. The monoisotopic (exact) mass is 210 g/mol. The van der Waals surface area contributed by atoms with Gasteiger partial charge < -0.3 is 5.11 Å². The average molecular weight is 210 g/mol. The second kappa shape index (κ2) is 4.21. The summed E-state index contributed by atoms with van der Waals surface area (Å²) in [6.45, 7) is 3.25. The van der Waals surface area contributed by atoms with E-state index in [9.17, 15) is 14.0 Å². The van der Waals surface area contributed by atoms with Gasteiger partial charge in [-0.25, -0.2) is 9.18 Å². The van der Waals surface area contributed by atoms with E-state index < -0.39 is 17.6 Å². The number of rotatable bonds is 3. The molecule has 1 aromatic rings. The molecule has 0 atom stereocenters. The summed E-state index contributed by atoms with van der Waals surface area (Å²) in [5, 5.41) is 8.54. The average Bonchev–Trinajstić information content (AvgIpc) is 2.20. The molecule has 1 aromatic carbocycles. The largest absolute Gasteiger partial charge is 0.475 e. The molecule has 15 heavy (non-hydrogen) atoms. The molecule has 80 valence electrons. The van der Waals surface area contributed by atoms with Gasteiger partial charge in [0.1, 0.15) is 5.82 Å². The van der Waals surface area contributed by atoms with Gasteiger partial charge in [-0.1, -0.05) is 19.1 Å². The van der Waals surface area contributed by atoms with E-state index in [1.807, 2.05) is 0 Å². The maximum absolute atomic E-state index is 13.5. The van der Waals surface area contributed by atoms with Crippen molar-refractivity contribution in [3.05, 3.63) is 34.6 Å². The topological polar surface area (TPSA) is 54.4 Å². The minimum atomic E-state index is -1.56. The van der Waals surface area contributed by atoms with Gasteiger partial charge in [-0.05, 0) is 24.5 Å². The van der Waals surface area contributed by atoms with E-state index in [2.05, 4.69) is 0 Å². The molecule has 0 saturated carbocycles. The number of Topliss-reactive ketones (excluding diaryl/α,β-unsaturated/α-hetero) is 1. The summed E-state index contributed by atoms with van der Waals surface area (Å²) in [7, 11) is 0. The van der Waals surface area contributed by atoms with Crippen molar-refractivity contribution >= 4 is 11.8 Å². The minimum Gasteiger partial charge on any atom is -0.475 e. The van der Waals surface area contributed by atoms with Crippen LogP contribution >= 0.6 is 0 Å². The molecule has 0 radical (unpaired) electrons. The summed E-state index contributed by atoms with van der Waals surface area (Å²) in [6, 6.07) is 2.76. The second-order valence-corrected chi connectivity index (χ2v) is 3.21. The van der Waals surface area contributed by atoms with E-state index in [4.69, 9.17) is 5.11 Å². The van der Waals surface area contributed by atoms with Crippen LogP contribution in [-0.4, -0.2) is 16.9 Å². The zero-order valence-electron chi connectivity index (χ0n) is 8.50. The summed E-state index contributed by atoms with van der Waals surface area (Å²) >= 11 is 0. The third-order valence-corrected chi connectivity index (χ3v) is 2.23. The molecule has 1 rings (SSSR count). The van der Waals surface area contributed by atoms with Crippen LogP contribution in [0.5, 0.6) is 0 Å². The molecule has 0 aliphatic heterocycles. The molecular weight excluding hydrogens is 199 g/mol. The van der Waals surface area contributed by atoms with Crippen LogP contribution in [0.3, 0.4) is 0 Å². The number of ketones is 1. The van der Waals surface area contributed by atoms with Gasteiger partial charge in [0, 0.05) is 5.56 Å². The number of carbonyl (C=O) groups excluding carboxylic acids is 1. The predicted octanol–water partition coefficient (Wildman–Crippen LogP) is 1.96. The number of aryl methyl sites for hydroxylation is 1. The van der Waals surface area contributed by atoms with Crippen LogP contribution in [0.15, 0.2) is 12.1 Å². The van der Waals surface area contributed by atoms with Crippen molar-refractivity contribution in [3.63, 3.8) is 0 Å². The van der Waals surface area contributed by atoms with Crippen LogP contribution in [0.1, 0.15) is 28.4 Å². The summed E-state index contributed by atoms with van der Waals surface area (Å²) in [5.74, 6) is -3.12. The third kappa shape index (κ3) is 2.03. The zero-order valence-corrected chi connectivity index (χ0v) is 8.50. The van der Waals surface area contributed by atoms with Gasteiger partial charge >= 0.3 is 5.97 Å². The first-order valence-corrected chi connectivity index (χ1v) is 4.54. The Hall–Kier alpha value is -1.71. The smallest absolute Gasteiger partial charge is 0.377 e. The summed E-state index contributed by atoms with van der Waals surface area (Å²) in [5.41, 5.74) is 0.518. The van der Waals surface area contributed by atoms with Crippen molar-refractivity contribution in [1.29, 1.82) is 0 Å². The highest BCUT2D eigenvalue weighted by atomic mass is 19.1. The fourth-order valence-corrected chi connectivity index (χ4v) is 1.41. The Morgan fingerprint density at radius 2 is 2.00 bits per heavy atom. The standard InChI is InChI=1S/C11H11FO3/c1-3-7-8(10(13)11(14)15)5-4-6(2)9(7)12/h4-5H,3H2,1-2H3,(H,14,15). The molecular formula is C11H11FO3. The normalized spacial score (nSPS) is 10.1. The van der Waals surface area contributed by atoms with Gasteiger partial charge in [-0.2, -0.15) is 0 Å². The van der Waals surface area contributed by atoms with E-state index in [0.29, 0.717) is 12.0 Å². The maximum atomic E-state index is 13.5. The molecule has 4 heteroatoms. The number of benzene rings is 1. The van der Waals surface area contributed by atoms with Crippen molar-refractivity contribution in [2.24, 2.45) is 0 Å². The molecule has 0 saturated heterocycles. The number of hydrogen-bond donors (Lipinski definition) is 1. The molecule has 0 unspecified atom stereocenters. The SMILES string of the molecule is CCc1c(C(=O)C(=O)O)ccc(C)c1F. The highest BCUT2D eigenvalue weighted by molar-refractivity contribution is 6.40. The van der Waals surface area contributed by atoms with Crippen molar-refractivity contribution in [2.75, 3.05) is 0 Å². The molecule has 0 aromatic heterocycles. The first kappa shape index (κ1) is 11.4. The fraction of sp³-hybridized carbons (Fsp3) is 0.273. The van der Waals surface area contributed by atoms with E-state index in [1.54, 1.807) is 13.8 Å². The maximum Gasteiger partial charge on any atom is 0.377 e. The number of halogens is 1. The molecule has 0 bridgehead atoms. The quantitative estimate of drug-likeness (QED) is 0.613. The third-order valence-electron chi connectivity index (χ3n) is 2.23. The highest BCUT2D eigenvalue weighted by Crippen LogP contribution is 2.18. The number of carbonyl (C=O) groups is 2. The van der Waals surface area contributed by atoms with Crippen molar-refractivity contribution < 1.29 is 19.1 Å². The Morgan fingerprint density at radius 3 is 2.47 bits per heavy atom. The van der Waals surface area contributed by atoms with Gasteiger partial charge in [0.25, 0.3) is 5.78 Å². The van der Waals surface area contributed by atoms with Crippen LogP contribution in [-0.2, 0) is 11.2 Å². The Balaban J connectivity index is 3.37. The Bertz CT molecular complexity index is 424. The fourth-order valence-electron chi connectivity index (χ4n) is 1.41. The summed E-state index contributed by atoms with van der Waals surface area (Å²) in [4.78, 5) is 21.7. The lowest BCUT2D eigenvalue weighted by Crippen LogP contribution is -2.16. The zero-order chi connectivity index (χ0) is 11.6. The van der Waals surface area contributed by atoms with Crippen molar-refractivity contribution in [3.8, 4) is 0 Å². The van der Waals surface area contributed by atoms with Crippen LogP contribution in [0, 0.1) is 12.7 Å². The van der Waals surface area contributed by atoms with Crippen LogP contribution in [0.25, 0.3) is 0 Å². The number of carboxylic acids is 1. The number of aliphatic carboxylic acids is 1. The second-order valence-electron chi connectivity index (χ2n) is 3.21. The first-order chi connectivity index (χ1) is 6.99. The van der Waals surface area contributed by atoms with Crippen molar-refractivity contribution in [2.45, 2.75) is 20.3 Å². The Morgan fingerprint density at radius 1 is 1.40 bits per heavy atom. The van der Waals surface area contributed by atoms with E-state index in [1.165, 1.54) is 12.1 Å². The minimum absolute atomic E-state index is 0.0619. The lowest BCUT2D eigenvalue weighted by molar-refractivity contribution is -0.131. The van der Waals surface area contributed by atoms with Gasteiger partial charge in [0.05, 0.1) is 0 Å². The molecule has 3 nitrogen and oxygen atoms in total. The molecule has 0 aliphatic rings. The number of hydrogen-bond acceptors (Lipinski definition) is 2. The molecule has 0 aliphatic carbocycles. The lowest BCUT2D eigenvalue weighted by atomic mass is 9.98. The van der Waals surface area contributed by atoms with Gasteiger partial charge in [-0.15, -0.1) is 0 Å². The molecule has 0 spiro atoms. The lowest BCUT2D eigenvalue weighted by Gasteiger charge is -2.07. The van der Waals surface area contributed by atoms with Crippen LogP contribution in [0.4, 0.5) is 4.39 Å². The van der Waals surface area contributed by atoms with Gasteiger partial charge in [0.15, 0.2) is 0 Å². The van der Waals surface area contributed by atoms with E-state index in [-0.39, 0.29) is 11.1 Å². The van der Waals surface area contributed by atoms with E-state index in [0.717, 1.165) is 0 Å².